The van der Waals surface area contributed by atoms with Crippen LogP contribution < -0.4 is 10.1 Å². The molecular formula is C31H29N3O2. The predicted octanol–water partition coefficient (Wildman–Crippen LogP) is 7.46. The largest absolute Gasteiger partial charge is 0.457 e. The maximum atomic E-state index is 13.0. The Labute approximate surface area is 210 Å². The van der Waals surface area contributed by atoms with Crippen molar-refractivity contribution >= 4 is 34.6 Å². The van der Waals surface area contributed by atoms with Gasteiger partial charge in [0.05, 0.1) is 11.2 Å². The van der Waals surface area contributed by atoms with E-state index in [0.717, 1.165) is 47.1 Å². The van der Waals surface area contributed by atoms with Crippen LogP contribution in [-0.4, -0.2) is 16.1 Å². The molecule has 0 saturated heterocycles. The van der Waals surface area contributed by atoms with E-state index in [9.17, 15) is 4.79 Å². The Morgan fingerprint density at radius 1 is 0.944 bits per heavy atom. The molecule has 4 aromatic rings. The fourth-order valence-electron chi connectivity index (χ4n) is 5.48. The van der Waals surface area contributed by atoms with E-state index < -0.39 is 0 Å². The summed E-state index contributed by atoms with van der Waals surface area (Å²) < 4.78 is 6.13. The minimum absolute atomic E-state index is 0.0798. The zero-order valence-corrected chi connectivity index (χ0v) is 20.1. The summed E-state index contributed by atoms with van der Waals surface area (Å²) in [7, 11) is 0. The van der Waals surface area contributed by atoms with E-state index >= 15 is 0 Å². The Balaban J connectivity index is 1.13. The predicted molar refractivity (Wildman–Crippen MR) is 145 cm³/mol. The summed E-state index contributed by atoms with van der Waals surface area (Å²) >= 11 is 0. The molecule has 0 aliphatic heterocycles. The number of carbonyl (C=O) groups excluding carboxylic acids is 1. The van der Waals surface area contributed by atoms with Gasteiger partial charge in [0.25, 0.3) is 0 Å². The van der Waals surface area contributed by atoms with Gasteiger partial charge in [-0.25, -0.2) is 0 Å². The van der Waals surface area contributed by atoms with E-state index in [1.807, 2.05) is 66.7 Å². The number of H-pyrrole nitrogens is 1. The van der Waals surface area contributed by atoms with Crippen molar-refractivity contribution in [2.24, 2.45) is 17.8 Å². The molecule has 1 heterocycles. The van der Waals surface area contributed by atoms with Crippen LogP contribution in [-0.2, 0) is 4.79 Å². The topological polar surface area (TPSA) is 67.0 Å². The number of benzene rings is 3. The van der Waals surface area contributed by atoms with Crippen molar-refractivity contribution in [2.75, 3.05) is 5.32 Å². The molecular weight excluding hydrogens is 446 g/mol. The van der Waals surface area contributed by atoms with Gasteiger partial charge in [-0.15, -0.1) is 0 Å². The number of nitrogens with zero attached hydrogens (tertiary/aromatic N) is 1. The lowest BCUT2D eigenvalue weighted by Crippen LogP contribution is -2.32. The van der Waals surface area contributed by atoms with Crippen LogP contribution in [0.25, 0.3) is 23.1 Å². The average Bonchev–Trinajstić information content (AvgIpc) is 3.30. The van der Waals surface area contributed by atoms with E-state index in [4.69, 9.17) is 4.74 Å². The number of allylic oxidation sites excluding steroid dienone is 2. The Morgan fingerprint density at radius 3 is 2.72 bits per heavy atom. The van der Waals surface area contributed by atoms with Crippen LogP contribution in [0, 0.1) is 17.8 Å². The van der Waals surface area contributed by atoms with Crippen LogP contribution in [0.5, 0.6) is 11.5 Å². The van der Waals surface area contributed by atoms with Gasteiger partial charge in [0.1, 0.15) is 11.5 Å². The fraction of sp³-hybridized carbons (Fsp3) is 0.226. The molecule has 1 amide bonds. The zero-order chi connectivity index (χ0) is 24.3. The summed E-state index contributed by atoms with van der Waals surface area (Å²) in [6.45, 7) is 0. The maximum Gasteiger partial charge on any atom is 0.227 e. The lowest BCUT2D eigenvalue weighted by Gasteiger charge is -2.35. The number of aromatic amines is 1. The molecule has 2 bridgehead atoms. The second kappa shape index (κ2) is 9.86. The van der Waals surface area contributed by atoms with Gasteiger partial charge in [0.2, 0.25) is 5.91 Å². The lowest BCUT2D eigenvalue weighted by molar-refractivity contribution is -0.121. The molecule has 3 aromatic carbocycles. The molecule has 1 fully saturated rings. The molecule has 6 rings (SSSR count). The van der Waals surface area contributed by atoms with Crippen molar-refractivity contribution in [1.29, 1.82) is 0 Å². The van der Waals surface area contributed by atoms with Crippen LogP contribution >= 0.6 is 0 Å². The van der Waals surface area contributed by atoms with Crippen LogP contribution in [0.15, 0.2) is 84.9 Å². The molecule has 1 aromatic heterocycles. The van der Waals surface area contributed by atoms with E-state index in [1.165, 1.54) is 6.42 Å². The molecule has 3 unspecified atom stereocenters. The zero-order valence-electron chi connectivity index (χ0n) is 20.1. The summed E-state index contributed by atoms with van der Waals surface area (Å²) in [5.74, 6) is 2.78. The summed E-state index contributed by atoms with van der Waals surface area (Å²) in [6, 6.07) is 23.7. The summed E-state index contributed by atoms with van der Waals surface area (Å²) in [5, 5.41) is 11.7. The third kappa shape index (κ3) is 4.96. The molecule has 5 heteroatoms. The number of amides is 1. The number of ether oxygens (including phenoxy) is 1. The van der Waals surface area contributed by atoms with E-state index in [0.29, 0.717) is 23.3 Å². The number of hydrogen-bond acceptors (Lipinski definition) is 3. The Kier molecular flexibility index (Phi) is 6.12. The number of carbonyl (C=O) groups is 1. The van der Waals surface area contributed by atoms with Gasteiger partial charge in [-0.1, -0.05) is 54.6 Å². The first-order valence-electron chi connectivity index (χ1n) is 12.7. The summed E-state index contributed by atoms with van der Waals surface area (Å²) in [6.07, 6.45) is 12.9. The van der Waals surface area contributed by atoms with Crippen LogP contribution in [0.2, 0.25) is 0 Å². The van der Waals surface area contributed by atoms with E-state index in [1.54, 1.807) is 0 Å². The first kappa shape index (κ1) is 22.4. The van der Waals surface area contributed by atoms with Crippen LogP contribution in [0.3, 0.4) is 0 Å². The van der Waals surface area contributed by atoms with Gasteiger partial charge in [-0.05, 0) is 73.4 Å². The number of anilines is 1. The second-order valence-corrected chi connectivity index (χ2v) is 9.87. The smallest absolute Gasteiger partial charge is 0.227 e. The van der Waals surface area contributed by atoms with Crippen molar-refractivity contribution < 1.29 is 9.53 Å². The number of hydrogen-bond donors (Lipinski definition) is 2. The van der Waals surface area contributed by atoms with Gasteiger partial charge in [0, 0.05) is 29.1 Å². The molecule has 0 radical (unpaired) electrons. The minimum Gasteiger partial charge on any atom is -0.457 e. The summed E-state index contributed by atoms with van der Waals surface area (Å²) in [5.41, 5.74) is 3.68. The molecule has 3 atom stereocenters. The third-order valence-electron chi connectivity index (χ3n) is 7.22. The third-order valence-corrected chi connectivity index (χ3v) is 7.22. The number of fused-ring (bicyclic) bond motifs is 3. The lowest BCUT2D eigenvalue weighted by atomic mass is 9.71. The normalized spacial score (nSPS) is 21.1. The summed E-state index contributed by atoms with van der Waals surface area (Å²) in [4.78, 5) is 13.0. The Bertz CT molecular complexity index is 1440. The van der Waals surface area contributed by atoms with E-state index in [-0.39, 0.29) is 11.8 Å². The highest BCUT2D eigenvalue weighted by Crippen LogP contribution is 2.39. The highest BCUT2D eigenvalue weighted by atomic mass is 16.5. The van der Waals surface area contributed by atoms with Crippen LogP contribution in [0.1, 0.15) is 36.9 Å². The molecule has 2 N–H and O–H groups in total. The van der Waals surface area contributed by atoms with Crippen molar-refractivity contribution in [3.63, 3.8) is 0 Å². The van der Waals surface area contributed by atoms with Crippen molar-refractivity contribution in [1.82, 2.24) is 10.2 Å². The Morgan fingerprint density at radius 2 is 1.83 bits per heavy atom. The number of rotatable bonds is 6. The highest BCUT2D eigenvalue weighted by molar-refractivity contribution is 5.93. The first-order valence-corrected chi connectivity index (χ1v) is 12.7. The molecule has 0 spiro atoms. The SMILES string of the molecule is O=C(Nc1cccc(Oc2ccc3c(/C=C/c4ccccc4)n[nH]c3c2)c1)C1CC2C=CCC(C2)C1. The number of nitrogens with one attached hydrogen (secondary N) is 2. The monoisotopic (exact) mass is 475 g/mol. The van der Waals surface area contributed by atoms with Gasteiger partial charge in [0.15, 0.2) is 0 Å². The molecule has 5 nitrogen and oxygen atoms in total. The Hall–Kier alpha value is -4.12. The van der Waals surface area contributed by atoms with Crippen molar-refractivity contribution in [2.45, 2.75) is 25.7 Å². The minimum atomic E-state index is 0.0798. The van der Waals surface area contributed by atoms with Crippen molar-refractivity contribution in [3.05, 3.63) is 96.2 Å². The van der Waals surface area contributed by atoms with Crippen molar-refractivity contribution in [3.8, 4) is 11.5 Å². The van der Waals surface area contributed by atoms with Gasteiger partial charge >= 0.3 is 0 Å². The first-order chi connectivity index (χ1) is 17.7. The van der Waals surface area contributed by atoms with Gasteiger partial charge in [-0.2, -0.15) is 5.10 Å². The fourth-order valence-corrected chi connectivity index (χ4v) is 5.48. The highest BCUT2D eigenvalue weighted by Gasteiger charge is 2.33. The average molecular weight is 476 g/mol. The molecule has 2 aliphatic rings. The van der Waals surface area contributed by atoms with Gasteiger partial charge < -0.3 is 10.1 Å². The molecule has 180 valence electrons. The van der Waals surface area contributed by atoms with Gasteiger partial charge in [-0.3, -0.25) is 9.89 Å². The maximum absolute atomic E-state index is 13.0. The molecule has 2 aliphatic carbocycles. The quantitative estimate of drug-likeness (QED) is 0.285. The standard InChI is InChI=1S/C31H29N3O2/c35-31(24-17-22-8-4-9-23(16-22)18-24)32-25-10-5-11-26(19-25)36-27-13-14-28-29(33-34-30(28)20-27)15-12-21-6-2-1-3-7-21/h1-8,10-15,19-20,22-24H,9,16-18H2,(H,32,35)(H,33,34)/b15-12+. The number of aromatic nitrogens is 2. The van der Waals surface area contributed by atoms with E-state index in [2.05, 4.69) is 45.9 Å². The molecule has 1 saturated carbocycles. The molecule has 36 heavy (non-hydrogen) atoms. The second-order valence-electron chi connectivity index (χ2n) is 9.87. The van der Waals surface area contributed by atoms with Crippen LogP contribution in [0.4, 0.5) is 5.69 Å².